The lowest BCUT2D eigenvalue weighted by Gasteiger charge is -2.31. The van der Waals surface area contributed by atoms with Gasteiger partial charge in [-0.15, -0.1) is 0 Å². The van der Waals surface area contributed by atoms with Crippen LogP contribution in [0, 0.1) is 5.92 Å². The number of benzene rings is 1. The number of fused-ring (bicyclic) bond motifs is 1. The summed E-state index contributed by atoms with van der Waals surface area (Å²) in [7, 11) is 0. The van der Waals surface area contributed by atoms with Crippen LogP contribution in [-0.4, -0.2) is 11.8 Å². The van der Waals surface area contributed by atoms with Crippen molar-refractivity contribution in [3.05, 3.63) is 23.8 Å². The van der Waals surface area contributed by atoms with E-state index in [-0.39, 0.29) is 5.79 Å². The second kappa shape index (κ2) is 5.77. The molecule has 2 saturated carbocycles. The first-order valence-electron chi connectivity index (χ1n) is 9.01. The molecular formula is C19H27NO2. The first-order valence-corrected chi connectivity index (χ1v) is 9.01. The monoisotopic (exact) mass is 301 g/mol. The Bertz CT molecular complexity index is 536. The smallest absolute Gasteiger partial charge is 0.251 e. The Morgan fingerprint density at radius 2 is 1.73 bits per heavy atom. The Morgan fingerprint density at radius 1 is 0.955 bits per heavy atom. The second-order valence-corrected chi connectivity index (χ2v) is 7.37. The molecule has 0 amide bonds. The number of hydrogen-bond donors (Lipinski definition) is 1. The van der Waals surface area contributed by atoms with Crippen LogP contribution in [0.1, 0.15) is 63.4 Å². The molecule has 2 atom stereocenters. The Morgan fingerprint density at radius 3 is 2.55 bits per heavy atom. The van der Waals surface area contributed by atoms with Crippen molar-refractivity contribution in [2.24, 2.45) is 11.7 Å². The van der Waals surface area contributed by atoms with Gasteiger partial charge in [-0.3, -0.25) is 0 Å². The highest BCUT2D eigenvalue weighted by Crippen LogP contribution is 2.46. The highest BCUT2D eigenvalue weighted by molar-refractivity contribution is 5.46. The maximum atomic E-state index is 6.30. The van der Waals surface area contributed by atoms with Crippen LogP contribution in [0.25, 0.3) is 0 Å². The number of nitrogens with two attached hydrogens (primary N) is 1. The molecule has 1 spiro atoms. The average Bonchev–Trinajstić information content (AvgIpc) is 2.87. The predicted octanol–water partition coefficient (Wildman–Crippen LogP) is 4.18. The third-order valence-corrected chi connectivity index (χ3v) is 5.68. The van der Waals surface area contributed by atoms with Crippen LogP contribution in [0.3, 0.4) is 0 Å². The minimum atomic E-state index is -0.361. The van der Waals surface area contributed by atoms with Gasteiger partial charge in [-0.1, -0.05) is 25.3 Å². The molecule has 0 unspecified atom stereocenters. The fraction of sp³-hybridized carbons (Fsp3) is 0.684. The Labute approximate surface area is 133 Å². The summed E-state index contributed by atoms with van der Waals surface area (Å²) >= 11 is 0. The lowest BCUT2D eigenvalue weighted by molar-refractivity contribution is -0.105. The van der Waals surface area contributed by atoms with Gasteiger partial charge in [0.1, 0.15) is 0 Å². The van der Waals surface area contributed by atoms with Gasteiger partial charge < -0.3 is 15.2 Å². The molecule has 4 rings (SSSR count). The summed E-state index contributed by atoms with van der Waals surface area (Å²) in [6.07, 6.45) is 11.9. The van der Waals surface area contributed by atoms with E-state index in [1.807, 2.05) is 0 Å². The molecule has 2 aliphatic carbocycles. The van der Waals surface area contributed by atoms with Gasteiger partial charge in [-0.05, 0) is 55.7 Å². The number of ether oxygens (including phenoxy) is 2. The van der Waals surface area contributed by atoms with E-state index in [0.717, 1.165) is 30.8 Å². The Kier molecular flexibility index (Phi) is 3.77. The summed E-state index contributed by atoms with van der Waals surface area (Å²) in [6, 6.07) is 6.86. The quantitative estimate of drug-likeness (QED) is 0.891. The van der Waals surface area contributed by atoms with E-state index in [0.29, 0.717) is 12.0 Å². The first-order chi connectivity index (χ1) is 10.7. The molecule has 0 radical (unpaired) electrons. The summed E-state index contributed by atoms with van der Waals surface area (Å²) in [4.78, 5) is 0. The molecule has 0 bridgehead atoms. The van der Waals surface area contributed by atoms with Gasteiger partial charge in [-0.25, -0.2) is 0 Å². The van der Waals surface area contributed by atoms with Gasteiger partial charge >= 0.3 is 0 Å². The topological polar surface area (TPSA) is 44.5 Å². The average molecular weight is 301 g/mol. The SMILES string of the molecule is N[C@@H]1CCCC[C@@H]1Cc1ccc2c(c1)OC1(CCCCC1)O2. The van der Waals surface area contributed by atoms with E-state index in [1.165, 1.54) is 50.5 Å². The lowest BCUT2D eigenvalue weighted by Crippen LogP contribution is -2.40. The molecule has 2 fully saturated rings. The molecule has 120 valence electrons. The molecule has 1 aromatic rings. The second-order valence-electron chi connectivity index (χ2n) is 7.37. The molecule has 0 aromatic heterocycles. The molecule has 3 nitrogen and oxygen atoms in total. The van der Waals surface area contributed by atoms with Gasteiger partial charge in [-0.2, -0.15) is 0 Å². The van der Waals surface area contributed by atoms with Crippen LogP contribution in [0.4, 0.5) is 0 Å². The van der Waals surface area contributed by atoms with Crippen molar-refractivity contribution in [3.63, 3.8) is 0 Å². The van der Waals surface area contributed by atoms with Crippen LogP contribution in [0.2, 0.25) is 0 Å². The van der Waals surface area contributed by atoms with Gasteiger partial charge in [0, 0.05) is 18.9 Å². The third kappa shape index (κ3) is 2.71. The van der Waals surface area contributed by atoms with Crippen molar-refractivity contribution >= 4 is 0 Å². The summed E-state index contributed by atoms with van der Waals surface area (Å²) in [5, 5.41) is 0. The van der Waals surface area contributed by atoms with Crippen molar-refractivity contribution in [1.29, 1.82) is 0 Å². The van der Waals surface area contributed by atoms with E-state index in [4.69, 9.17) is 15.2 Å². The summed E-state index contributed by atoms with van der Waals surface area (Å²) < 4.78 is 12.4. The third-order valence-electron chi connectivity index (χ3n) is 5.68. The normalized spacial score (nSPS) is 29.7. The maximum absolute atomic E-state index is 6.30. The molecule has 3 heteroatoms. The van der Waals surface area contributed by atoms with Gasteiger partial charge in [0.2, 0.25) is 0 Å². The molecule has 1 aromatic carbocycles. The molecule has 22 heavy (non-hydrogen) atoms. The van der Waals surface area contributed by atoms with E-state index in [2.05, 4.69) is 18.2 Å². The highest BCUT2D eigenvalue weighted by Gasteiger charge is 2.42. The maximum Gasteiger partial charge on any atom is 0.251 e. The van der Waals surface area contributed by atoms with Gasteiger partial charge in [0.25, 0.3) is 5.79 Å². The summed E-state index contributed by atoms with van der Waals surface area (Å²) in [5.74, 6) is 2.14. The zero-order chi connectivity index (χ0) is 15.0. The number of rotatable bonds is 2. The largest absolute Gasteiger partial charge is 0.448 e. The molecule has 1 heterocycles. The molecule has 0 saturated heterocycles. The molecular weight excluding hydrogens is 274 g/mol. The van der Waals surface area contributed by atoms with E-state index in [9.17, 15) is 0 Å². The molecule has 3 aliphatic rings. The minimum absolute atomic E-state index is 0.361. The fourth-order valence-electron chi connectivity index (χ4n) is 4.35. The standard InChI is InChI=1S/C19H27NO2/c20-16-7-3-2-6-15(16)12-14-8-9-17-18(13-14)22-19(21-17)10-4-1-5-11-19/h8-9,13,15-16H,1-7,10-12,20H2/t15-,16-/m1/s1. The van der Waals surface area contributed by atoms with Crippen LogP contribution in [0.5, 0.6) is 11.5 Å². The van der Waals surface area contributed by atoms with E-state index < -0.39 is 0 Å². The van der Waals surface area contributed by atoms with Gasteiger partial charge in [0.15, 0.2) is 11.5 Å². The highest BCUT2D eigenvalue weighted by atomic mass is 16.7. The van der Waals surface area contributed by atoms with Gasteiger partial charge in [0.05, 0.1) is 0 Å². The molecule has 2 N–H and O–H groups in total. The molecule has 1 aliphatic heterocycles. The van der Waals surface area contributed by atoms with Crippen LogP contribution in [0.15, 0.2) is 18.2 Å². The Balaban J connectivity index is 1.48. The number of hydrogen-bond acceptors (Lipinski definition) is 3. The van der Waals surface area contributed by atoms with Crippen molar-refractivity contribution in [2.75, 3.05) is 0 Å². The lowest BCUT2D eigenvalue weighted by atomic mass is 9.81. The van der Waals surface area contributed by atoms with Crippen molar-refractivity contribution in [1.82, 2.24) is 0 Å². The first kappa shape index (κ1) is 14.4. The zero-order valence-corrected chi connectivity index (χ0v) is 13.4. The van der Waals surface area contributed by atoms with Crippen molar-refractivity contribution in [2.45, 2.75) is 76.0 Å². The zero-order valence-electron chi connectivity index (χ0n) is 13.4. The minimum Gasteiger partial charge on any atom is -0.448 e. The van der Waals surface area contributed by atoms with Crippen molar-refractivity contribution < 1.29 is 9.47 Å². The van der Waals surface area contributed by atoms with E-state index in [1.54, 1.807) is 0 Å². The predicted molar refractivity (Wildman–Crippen MR) is 87.2 cm³/mol. The fourth-order valence-corrected chi connectivity index (χ4v) is 4.35. The van der Waals surface area contributed by atoms with E-state index >= 15 is 0 Å². The Hall–Kier alpha value is -1.22. The van der Waals surface area contributed by atoms with Crippen molar-refractivity contribution in [3.8, 4) is 11.5 Å². The summed E-state index contributed by atoms with van der Waals surface area (Å²) in [5.41, 5.74) is 7.64. The van der Waals surface area contributed by atoms with Crippen LogP contribution >= 0.6 is 0 Å². The van der Waals surface area contributed by atoms with Crippen LogP contribution in [-0.2, 0) is 6.42 Å². The van der Waals surface area contributed by atoms with Crippen LogP contribution < -0.4 is 15.2 Å². The summed E-state index contributed by atoms with van der Waals surface area (Å²) in [6.45, 7) is 0.